The molecule has 4 nitrogen and oxygen atoms in total. The molecule has 1 unspecified atom stereocenters. The highest BCUT2D eigenvalue weighted by atomic mass is 32.1. The third-order valence-corrected chi connectivity index (χ3v) is 5.48. The number of thiophene rings is 1. The van der Waals surface area contributed by atoms with E-state index in [1.165, 1.54) is 20.9 Å². The van der Waals surface area contributed by atoms with E-state index in [2.05, 4.69) is 65.5 Å². The number of aromatic nitrogens is 2. The van der Waals surface area contributed by atoms with Gasteiger partial charge in [-0.3, -0.25) is 0 Å². The lowest BCUT2D eigenvalue weighted by molar-refractivity contribution is 0.878. The highest BCUT2D eigenvalue weighted by Gasteiger charge is 2.14. The Hall–Kier alpha value is -2.92. The minimum absolute atomic E-state index is 0.0909. The van der Waals surface area contributed by atoms with E-state index in [1.54, 1.807) is 6.33 Å². The summed E-state index contributed by atoms with van der Waals surface area (Å²) in [6.07, 6.45) is 1.59. The summed E-state index contributed by atoms with van der Waals surface area (Å²) in [6.45, 7) is 4.29. The monoisotopic (exact) mass is 360 g/mol. The van der Waals surface area contributed by atoms with Crippen molar-refractivity contribution in [3.05, 3.63) is 71.4 Å². The lowest BCUT2D eigenvalue weighted by Crippen LogP contribution is -2.09. The van der Waals surface area contributed by atoms with E-state index >= 15 is 0 Å². The number of benzene rings is 2. The number of nitrogens with one attached hydrogen (secondary N) is 1. The van der Waals surface area contributed by atoms with Crippen LogP contribution in [-0.4, -0.2) is 9.97 Å². The lowest BCUT2D eigenvalue weighted by Gasteiger charge is -2.19. The average molecular weight is 360 g/mol. The first-order valence-electron chi connectivity index (χ1n) is 8.54. The molecule has 0 fully saturated rings. The number of nitrogens with two attached hydrogens (primary N) is 1. The third-order valence-electron chi connectivity index (χ3n) is 4.45. The number of hydrogen-bond donors (Lipinski definition) is 2. The van der Waals surface area contributed by atoms with E-state index in [9.17, 15) is 0 Å². The Bertz CT molecular complexity index is 1070. The number of aryl methyl sites for hydroxylation is 1. The predicted octanol–water partition coefficient (Wildman–Crippen LogP) is 5.42. The molecule has 4 rings (SSSR count). The van der Waals surface area contributed by atoms with Crippen LogP contribution in [-0.2, 0) is 0 Å². The van der Waals surface area contributed by atoms with Crippen LogP contribution < -0.4 is 11.1 Å². The summed E-state index contributed by atoms with van der Waals surface area (Å²) >= 11 is 1.81. The van der Waals surface area contributed by atoms with Gasteiger partial charge in [-0.05, 0) is 55.3 Å². The van der Waals surface area contributed by atoms with Gasteiger partial charge >= 0.3 is 0 Å². The predicted molar refractivity (Wildman–Crippen MR) is 110 cm³/mol. The minimum Gasteiger partial charge on any atom is -0.399 e. The van der Waals surface area contributed by atoms with E-state index in [0.717, 1.165) is 16.7 Å². The van der Waals surface area contributed by atoms with E-state index in [0.29, 0.717) is 5.69 Å². The molecule has 2 aromatic heterocycles. The van der Waals surface area contributed by atoms with Gasteiger partial charge in [0.2, 0.25) is 0 Å². The first kappa shape index (κ1) is 16.5. The van der Waals surface area contributed by atoms with Gasteiger partial charge in [0.05, 0.1) is 11.6 Å². The van der Waals surface area contributed by atoms with Gasteiger partial charge in [0.1, 0.15) is 12.1 Å². The highest BCUT2D eigenvalue weighted by molar-refractivity contribution is 7.15. The molecular weight excluding hydrogens is 340 g/mol. The molecule has 1 atom stereocenters. The van der Waals surface area contributed by atoms with Gasteiger partial charge in [0.25, 0.3) is 0 Å². The molecule has 5 heteroatoms. The number of hydrogen-bond acceptors (Lipinski definition) is 5. The molecule has 26 heavy (non-hydrogen) atoms. The van der Waals surface area contributed by atoms with Crippen LogP contribution in [0.1, 0.15) is 23.4 Å². The van der Waals surface area contributed by atoms with Crippen molar-refractivity contribution in [3.8, 4) is 10.4 Å². The van der Waals surface area contributed by atoms with Gasteiger partial charge in [-0.1, -0.05) is 24.3 Å². The summed E-state index contributed by atoms with van der Waals surface area (Å²) in [7, 11) is 0. The van der Waals surface area contributed by atoms with Crippen LogP contribution in [0.3, 0.4) is 0 Å². The molecule has 130 valence electrons. The van der Waals surface area contributed by atoms with E-state index in [-0.39, 0.29) is 6.04 Å². The largest absolute Gasteiger partial charge is 0.399 e. The third kappa shape index (κ3) is 3.13. The van der Waals surface area contributed by atoms with Crippen LogP contribution in [0.4, 0.5) is 11.5 Å². The maximum Gasteiger partial charge on any atom is 0.137 e. The first-order valence-corrected chi connectivity index (χ1v) is 9.36. The van der Waals surface area contributed by atoms with Gasteiger partial charge < -0.3 is 11.1 Å². The minimum atomic E-state index is 0.0909. The molecule has 0 radical (unpaired) electrons. The van der Waals surface area contributed by atoms with Crippen LogP contribution in [0.15, 0.2) is 60.9 Å². The van der Waals surface area contributed by atoms with Crippen molar-refractivity contribution in [2.75, 3.05) is 11.1 Å². The number of nitrogens with zero attached hydrogens (tertiary/aromatic N) is 2. The molecule has 3 N–H and O–H groups in total. The van der Waals surface area contributed by atoms with Crippen molar-refractivity contribution < 1.29 is 0 Å². The SMILES string of the molecule is Cc1ccc(-c2ccccc2C(C)Nc2ncnc3ccc(N)cc23)s1. The maximum atomic E-state index is 5.96. The van der Waals surface area contributed by atoms with Crippen molar-refractivity contribution in [3.63, 3.8) is 0 Å². The van der Waals surface area contributed by atoms with Crippen molar-refractivity contribution in [1.82, 2.24) is 9.97 Å². The fourth-order valence-corrected chi connectivity index (χ4v) is 4.07. The number of fused-ring (bicyclic) bond motifs is 1. The summed E-state index contributed by atoms with van der Waals surface area (Å²) in [5, 5.41) is 4.48. The van der Waals surface area contributed by atoms with Gasteiger partial charge in [-0.25, -0.2) is 9.97 Å². The molecule has 2 heterocycles. The zero-order valence-corrected chi connectivity index (χ0v) is 15.5. The molecular formula is C21H20N4S. The summed E-state index contributed by atoms with van der Waals surface area (Å²) in [4.78, 5) is 11.4. The number of anilines is 2. The molecule has 0 bridgehead atoms. The summed E-state index contributed by atoms with van der Waals surface area (Å²) < 4.78 is 0. The van der Waals surface area contributed by atoms with Gasteiger partial charge in [0, 0.05) is 20.8 Å². The Kier molecular flexibility index (Phi) is 4.31. The quantitative estimate of drug-likeness (QED) is 0.477. The highest BCUT2D eigenvalue weighted by Crippen LogP contribution is 2.35. The second-order valence-electron chi connectivity index (χ2n) is 6.36. The lowest BCUT2D eigenvalue weighted by atomic mass is 10.00. The Balaban J connectivity index is 1.72. The molecule has 2 aromatic carbocycles. The normalized spacial score (nSPS) is 12.2. The zero-order valence-electron chi connectivity index (χ0n) is 14.7. The Morgan fingerprint density at radius 1 is 1.04 bits per heavy atom. The van der Waals surface area contributed by atoms with E-state index in [4.69, 9.17) is 5.73 Å². The average Bonchev–Trinajstić information content (AvgIpc) is 3.08. The summed E-state index contributed by atoms with van der Waals surface area (Å²) in [5.41, 5.74) is 10.0. The van der Waals surface area contributed by atoms with Crippen LogP contribution in [0.2, 0.25) is 0 Å². The second kappa shape index (κ2) is 6.77. The topological polar surface area (TPSA) is 63.8 Å². The maximum absolute atomic E-state index is 5.96. The van der Waals surface area contributed by atoms with Crippen molar-refractivity contribution >= 4 is 33.7 Å². The van der Waals surface area contributed by atoms with Crippen LogP contribution in [0.25, 0.3) is 21.3 Å². The Morgan fingerprint density at radius 3 is 2.69 bits per heavy atom. The fraction of sp³-hybridized carbons (Fsp3) is 0.143. The Morgan fingerprint density at radius 2 is 1.88 bits per heavy atom. The van der Waals surface area contributed by atoms with Crippen LogP contribution in [0.5, 0.6) is 0 Å². The van der Waals surface area contributed by atoms with Crippen molar-refractivity contribution in [2.45, 2.75) is 19.9 Å². The molecule has 0 aliphatic heterocycles. The molecule has 0 saturated carbocycles. The van der Waals surface area contributed by atoms with Gasteiger partial charge in [-0.15, -0.1) is 11.3 Å². The second-order valence-corrected chi connectivity index (χ2v) is 7.65. The molecule has 4 aromatic rings. The molecule has 0 spiro atoms. The number of rotatable bonds is 4. The van der Waals surface area contributed by atoms with Crippen LogP contribution in [0, 0.1) is 6.92 Å². The molecule has 0 aliphatic carbocycles. The first-order chi connectivity index (χ1) is 12.6. The van der Waals surface area contributed by atoms with E-state index < -0.39 is 0 Å². The van der Waals surface area contributed by atoms with E-state index in [1.807, 2.05) is 29.5 Å². The van der Waals surface area contributed by atoms with Gasteiger partial charge in [0.15, 0.2) is 0 Å². The van der Waals surface area contributed by atoms with Crippen molar-refractivity contribution in [1.29, 1.82) is 0 Å². The van der Waals surface area contributed by atoms with Crippen molar-refractivity contribution in [2.24, 2.45) is 0 Å². The smallest absolute Gasteiger partial charge is 0.137 e. The number of nitrogen functional groups attached to an aromatic ring is 1. The molecule has 0 aliphatic rings. The summed E-state index contributed by atoms with van der Waals surface area (Å²) in [5.74, 6) is 0.798. The zero-order chi connectivity index (χ0) is 18.1. The van der Waals surface area contributed by atoms with Gasteiger partial charge in [-0.2, -0.15) is 0 Å². The standard InChI is InChI=1S/C21H20N4S/c1-13-7-10-20(26-13)17-6-4-3-5-16(17)14(2)25-21-18-11-15(22)8-9-19(18)23-12-24-21/h3-12,14H,22H2,1-2H3,(H,23,24,25). The fourth-order valence-electron chi connectivity index (χ4n) is 3.15. The molecule has 0 amide bonds. The summed E-state index contributed by atoms with van der Waals surface area (Å²) in [6, 6.07) is 18.6. The molecule has 0 saturated heterocycles. The van der Waals surface area contributed by atoms with Crippen LogP contribution >= 0.6 is 11.3 Å². The Labute approximate surface area is 156 Å².